The van der Waals surface area contributed by atoms with Gasteiger partial charge in [0.15, 0.2) is 0 Å². The van der Waals surface area contributed by atoms with Gasteiger partial charge in [-0.2, -0.15) is 0 Å². The minimum atomic E-state index is -0.534. The number of carbonyl (C=O) groups excluding carboxylic acids is 2. The minimum Gasteiger partial charge on any atom is -0.364 e. The highest BCUT2D eigenvalue weighted by Crippen LogP contribution is 2.24. The van der Waals surface area contributed by atoms with Crippen molar-refractivity contribution in [3.05, 3.63) is 18.0 Å². The number of nitrogens with two attached hydrogens (primary N) is 1. The van der Waals surface area contributed by atoms with Gasteiger partial charge in [0.1, 0.15) is 5.69 Å². The van der Waals surface area contributed by atoms with Crippen molar-refractivity contribution in [1.29, 1.82) is 0 Å². The highest BCUT2D eigenvalue weighted by atomic mass is 16.2. The molecule has 0 aromatic carbocycles. The molecule has 2 rings (SSSR count). The smallest absolute Gasteiger partial charge is 0.265 e. The summed E-state index contributed by atoms with van der Waals surface area (Å²) in [6.07, 6.45) is 4.34. The Balaban J connectivity index is 1.83. The number of nitrogens with one attached hydrogen (secondary N) is 3. The van der Waals surface area contributed by atoms with E-state index in [0.717, 1.165) is 25.9 Å². The van der Waals surface area contributed by atoms with Gasteiger partial charge in [0, 0.05) is 12.6 Å². The normalized spacial score (nSPS) is 17.6. The Morgan fingerprint density at radius 2 is 2.15 bits per heavy atom. The molecule has 1 unspecified atom stereocenters. The average molecular weight is 278 g/mol. The predicted octanol–water partition coefficient (Wildman–Crippen LogP) is 1.08. The van der Waals surface area contributed by atoms with Crippen LogP contribution in [0.25, 0.3) is 0 Å². The topological polar surface area (TPSA) is 100 Å². The molecule has 1 aliphatic heterocycles. The number of aromatic amines is 1. The van der Waals surface area contributed by atoms with Gasteiger partial charge in [0.05, 0.1) is 5.69 Å². The first-order chi connectivity index (χ1) is 9.56. The van der Waals surface area contributed by atoms with Crippen LogP contribution in [-0.4, -0.2) is 29.9 Å². The molecular weight excluding hydrogens is 256 g/mol. The van der Waals surface area contributed by atoms with Gasteiger partial charge >= 0.3 is 0 Å². The molecule has 1 atom stereocenters. The van der Waals surface area contributed by atoms with Gasteiger partial charge in [-0.15, -0.1) is 0 Å². The molecule has 6 nitrogen and oxygen atoms in total. The zero-order chi connectivity index (χ0) is 14.5. The molecule has 5 N–H and O–H groups in total. The third kappa shape index (κ3) is 3.84. The van der Waals surface area contributed by atoms with Crippen LogP contribution < -0.4 is 16.4 Å². The molecule has 6 heteroatoms. The Morgan fingerprint density at radius 3 is 2.75 bits per heavy atom. The van der Waals surface area contributed by atoms with Crippen LogP contribution in [0.4, 0.5) is 5.69 Å². The number of carbonyl (C=O) groups is 2. The third-order valence-electron chi connectivity index (χ3n) is 3.93. The van der Waals surface area contributed by atoms with Crippen LogP contribution in [0.1, 0.15) is 36.7 Å². The molecule has 1 aliphatic rings. The lowest BCUT2D eigenvalue weighted by atomic mass is 9.84. The predicted molar refractivity (Wildman–Crippen MR) is 77.3 cm³/mol. The van der Waals surface area contributed by atoms with E-state index in [2.05, 4.69) is 22.5 Å². The van der Waals surface area contributed by atoms with Crippen molar-refractivity contribution in [2.75, 3.05) is 18.4 Å². The molecule has 0 bridgehead atoms. The lowest BCUT2D eigenvalue weighted by Crippen LogP contribution is -2.32. The Kier molecular flexibility index (Phi) is 4.79. The van der Waals surface area contributed by atoms with E-state index in [0.29, 0.717) is 29.6 Å². The van der Waals surface area contributed by atoms with Gasteiger partial charge in [0.2, 0.25) is 5.91 Å². The third-order valence-corrected chi connectivity index (χ3v) is 3.93. The summed E-state index contributed by atoms with van der Waals surface area (Å²) in [6, 6.07) is 1.55. The maximum atomic E-state index is 12.0. The number of aromatic nitrogens is 1. The van der Waals surface area contributed by atoms with Gasteiger partial charge in [0.25, 0.3) is 5.91 Å². The van der Waals surface area contributed by atoms with Crippen molar-refractivity contribution in [2.24, 2.45) is 17.6 Å². The van der Waals surface area contributed by atoms with Crippen molar-refractivity contribution < 1.29 is 9.59 Å². The fourth-order valence-electron chi connectivity index (χ4n) is 2.69. The molecule has 0 aliphatic carbocycles. The largest absolute Gasteiger partial charge is 0.364 e. The van der Waals surface area contributed by atoms with Gasteiger partial charge in [-0.25, -0.2) is 0 Å². The first-order valence-electron chi connectivity index (χ1n) is 7.05. The van der Waals surface area contributed by atoms with Crippen LogP contribution in [0.5, 0.6) is 0 Å². The van der Waals surface area contributed by atoms with Crippen molar-refractivity contribution >= 4 is 17.5 Å². The summed E-state index contributed by atoms with van der Waals surface area (Å²) >= 11 is 0. The van der Waals surface area contributed by atoms with E-state index in [-0.39, 0.29) is 5.91 Å². The fraction of sp³-hybridized carbons (Fsp3) is 0.571. The number of amides is 2. The summed E-state index contributed by atoms with van der Waals surface area (Å²) in [4.78, 5) is 25.7. The fourth-order valence-corrected chi connectivity index (χ4v) is 2.69. The minimum absolute atomic E-state index is 0.0222. The van der Waals surface area contributed by atoms with Crippen molar-refractivity contribution in [3.63, 3.8) is 0 Å². The number of hydrogen-bond donors (Lipinski definition) is 4. The maximum absolute atomic E-state index is 12.0. The SMILES string of the molecule is CC(CC(=O)Nc1c[nH]c(C(N)=O)c1)C1CCNCC1. The Bertz CT molecular complexity index is 477. The molecule has 20 heavy (non-hydrogen) atoms. The molecule has 0 saturated carbocycles. The Hall–Kier alpha value is -1.82. The van der Waals surface area contributed by atoms with Crippen LogP contribution in [0, 0.1) is 11.8 Å². The van der Waals surface area contributed by atoms with Crippen LogP contribution >= 0.6 is 0 Å². The van der Waals surface area contributed by atoms with E-state index in [9.17, 15) is 9.59 Å². The quantitative estimate of drug-likeness (QED) is 0.648. The molecule has 1 aromatic rings. The van der Waals surface area contributed by atoms with Gasteiger partial charge in [-0.3, -0.25) is 9.59 Å². The maximum Gasteiger partial charge on any atom is 0.265 e. The molecule has 110 valence electrons. The Morgan fingerprint density at radius 1 is 1.45 bits per heavy atom. The van der Waals surface area contributed by atoms with Crippen molar-refractivity contribution in [2.45, 2.75) is 26.2 Å². The lowest BCUT2D eigenvalue weighted by Gasteiger charge is -2.27. The summed E-state index contributed by atoms with van der Waals surface area (Å²) in [7, 11) is 0. The standard InChI is InChI=1S/C14H22N4O2/c1-9(10-2-4-16-5-3-10)6-13(19)18-11-7-12(14(15)20)17-8-11/h7-10,16-17H,2-6H2,1H3,(H2,15,20)(H,18,19). The van der Waals surface area contributed by atoms with Crippen molar-refractivity contribution in [3.8, 4) is 0 Å². The zero-order valence-electron chi connectivity index (χ0n) is 11.7. The number of primary amides is 1. The number of H-pyrrole nitrogens is 1. The second-order valence-corrected chi connectivity index (χ2v) is 5.48. The Labute approximate surface area is 118 Å². The second-order valence-electron chi connectivity index (χ2n) is 5.48. The molecule has 0 spiro atoms. The van der Waals surface area contributed by atoms with Crippen LogP contribution in [0.3, 0.4) is 0 Å². The molecule has 0 radical (unpaired) electrons. The lowest BCUT2D eigenvalue weighted by molar-refractivity contribution is -0.117. The van der Waals surface area contributed by atoms with Crippen LogP contribution in [0.15, 0.2) is 12.3 Å². The van der Waals surface area contributed by atoms with Gasteiger partial charge in [-0.05, 0) is 43.8 Å². The molecule has 1 fully saturated rings. The monoisotopic (exact) mass is 278 g/mol. The summed E-state index contributed by atoms with van der Waals surface area (Å²) in [5.74, 6) is 0.417. The van der Waals surface area contributed by atoms with E-state index in [1.165, 1.54) is 0 Å². The number of hydrogen-bond acceptors (Lipinski definition) is 3. The highest BCUT2D eigenvalue weighted by Gasteiger charge is 2.22. The first kappa shape index (κ1) is 14.6. The summed E-state index contributed by atoms with van der Waals surface area (Å²) in [5, 5.41) is 6.12. The van der Waals surface area contributed by atoms with E-state index < -0.39 is 5.91 Å². The molecule has 1 aromatic heterocycles. The van der Waals surface area contributed by atoms with Gasteiger partial charge < -0.3 is 21.4 Å². The van der Waals surface area contributed by atoms with Crippen LogP contribution in [0.2, 0.25) is 0 Å². The summed E-state index contributed by atoms with van der Waals surface area (Å²) in [5.41, 5.74) is 6.03. The average Bonchev–Trinajstić information content (AvgIpc) is 2.88. The molecule has 2 heterocycles. The number of anilines is 1. The number of piperidine rings is 1. The molecule has 1 saturated heterocycles. The van der Waals surface area contributed by atoms with E-state index in [4.69, 9.17) is 5.73 Å². The highest BCUT2D eigenvalue weighted by molar-refractivity contribution is 5.95. The molecular formula is C14H22N4O2. The van der Waals surface area contributed by atoms with Gasteiger partial charge in [-0.1, -0.05) is 6.92 Å². The van der Waals surface area contributed by atoms with Crippen molar-refractivity contribution in [1.82, 2.24) is 10.3 Å². The van der Waals surface area contributed by atoms with E-state index in [1.54, 1.807) is 12.3 Å². The number of rotatable bonds is 5. The summed E-state index contributed by atoms with van der Waals surface area (Å²) in [6.45, 7) is 4.20. The first-order valence-corrected chi connectivity index (χ1v) is 7.05. The van der Waals surface area contributed by atoms with E-state index in [1.807, 2.05) is 0 Å². The zero-order valence-corrected chi connectivity index (χ0v) is 11.7. The van der Waals surface area contributed by atoms with E-state index >= 15 is 0 Å². The molecule has 2 amide bonds. The van der Waals surface area contributed by atoms with Crippen LogP contribution in [-0.2, 0) is 4.79 Å². The summed E-state index contributed by atoms with van der Waals surface area (Å²) < 4.78 is 0. The second kappa shape index (κ2) is 6.56.